The fourth-order valence-electron chi connectivity index (χ4n) is 1.76. The molecule has 2 N–H and O–H groups in total. The van der Waals surface area contributed by atoms with Gasteiger partial charge in [-0.25, -0.2) is 17.8 Å². The molecule has 0 aliphatic heterocycles. The number of sulfonamides is 1. The van der Waals surface area contributed by atoms with Crippen LogP contribution in [-0.4, -0.2) is 18.5 Å². The molecule has 1 aromatic heterocycles. The lowest BCUT2D eigenvalue weighted by molar-refractivity contribution is 0.281. The van der Waals surface area contributed by atoms with Gasteiger partial charge in [-0.05, 0) is 38.5 Å². The number of hydrogen-bond donors (Lipinski definition) is 2. The molecule has 1 heterocycles. The molecular weight excluding hydrogens is 315 g/mol. The summed E-state index contributed by atoms with van der Waals surface area (Å²) in [6, 6.07) is 2.38. The molecule has 2 rings (SSSR count). The van der Waals surface area contributed by atoms with Gasteiger partial charge in [0.15, 0.2) is 5.13 Å². The Kier molecular flexibility index (Phi) is 4.31. The van der Waals surface area contributed by atoms with E-state index in [1.54, 1.807) is 6.92 Å². The van der Waals surface area contributed by atoms with Gasteiger partial charge in [0, 0.05) is 10.4 Å². The highest BCUT2D eigenvalue weighted by Crippen LogP contribution is 2.26. The highest BCUT2D eigenvalue weighted by molar-refractivity contribution is 7.93. The molecule has 0 aliphatic rings. The van der Waals surface area contributed by atoms with Crippen LogP contribution < -0.4 is 4.72 Å². The Hall–Kier alpha value is -1.51. The van der Waals surface area contributed by atoms with Crippen LogP contribution >= 0.6 is 11.3 Å². The van der Waals surface area contributed by atoms with Crippen LogP contribution in [0.5, 0.6) is 0 Å². The molecule has 114 valence electrons. The molecule has 0 saturated heterocycles. The Bertz CT molecular complexity index is 765. The van der Waals surface area contributed by atoms with Gasteiger partial charge in [0.25, 0.3) is 10.0 Å². The lowest BCUT2D eigenvalue weighted by atomic mass is 10.1. The van der Waals surface area contributed by atoms with E-state index in [4.69, 9.17) is 5.11 Å². The number of thiazole rings is 1. The predicted octanol–water partition coefficient (Wildman–Crippen LogP) is 2.50. The summed E-state index contributed by atoms with van der Waals surface area (Å²) >= 11 is 1.21. The van der Waals surface area contributed by atoms with Crippen LogP contribution in [0.15, 0.2) is 17.0 Å². The lowest BCUT2D eigenvalue weighted by Crippen LogP contribution is -2.15. The number of benzene rings is 1. The van der Waals surface area contributed by atoms with Crippen molar-refractivity contribution in [1.82, 2.24) is 4.98 Å². The van der Waals surface area contributed by atoms with Crippen molar-refractivity contribution in [1.29, 1.82) is 0 Å². The first-order chi connectivity index (χ1) is 9.74. The Balaban J connectivity index is 2.46. The fraction of sp³-hybridized carbons (Fsp3) is 0.308. The van der Waals surface area contributed by atoms with E-state index in [0.717, 1.165) is 16.6 Å². The second-order valence-electron chi connectivity index (χ2n) is 4.63. The van der Waals surface area contributed by atoms with Crippen molar-refractivity contribution in [3.63, 3.8) is 0 Å². The molecule has 0 fully saturated rings. The van der Waals surface area contributed by atoms with Crippen molar-refractivity contribution in [3.05, 3.63) is 39.6 Å². The van der Waals surface area contributed by atoms with Gasteiger partial charge in [-0.2, -0.15) is 0 Å². The van der Waals surface area contributed by atoms with E-state index in [0.29, 0.717) is 0 Å². The molecule has 0 atom stereocenters. The molecule has 1 aromatic carbocycles. The summed E-state index contributed by atoms with van der Waals surface area (Å²) < 4.78 is 40.8. The second-order valence-corrected chi connectivity index (χ2v) is 7.48. The van der Waals surface area contributed by atoms with Crippen molar-refractivity contribution in [2.24, 2.45) is 0 Å². The zero-order chi connectivity index (χ0) is 15.8. The summed E-state index contributed by atoms with van der Waals surface area (Å²) in [5.74, 6) is -0.673. The van der Waals surface area contributed by atoms with E-state index in [-0.39, 0.29) is 21.2 Å². The topological polar surface area (TPSA) is 79.3 Å². The van der Waals surface area contributed by atoms with Gasteiger partial charge in [-0.15, -0.1) is 11.3 Å². The van der Waals surface area contributed by atoms with Crippen LogP contribution in [0.25, 0.3) is 0 Å². The number of hydrogen-bond acceptors (Lipinski definition) is 5. The summed E-state index contributed by atoms with van der Waals surface area (Å²) in [7, 11) is -3.96. The van der Waals surface area contributed by atoms with Gasteiger partial charge >= 0.3 is 0 Å². The van der Waals surface area contributed by atoms with Crippen molar-refractivity contribution in [3.8, 4) is 0 Å². The first-order valence-corrected chi connectivity index (χ1v) is 8.41. The number of halogens is 1. The Labute approximate surface area is 126 Å². The molecule has 0 amide bonds. The zero-order valence-corrected chi connectivity index (χ0v) is 13.4. The van der Waals surface area contributed by atoms with E-state index in [1.165, 1.54) is 24.3 Å². The quantitative estimate of drug-likeness (QED) is 0.903. The Morgan fingerprint density at radius 2 is 2.00 bits per heavy atom. The molecule has 21 heavy (non-hydrogen) atoms. The number of rotatable bonds is 4. The number of anilines is 1. The molecule has 0 radical (unpaired) electrons. The molecule has 2 aromatic rings. The first kappa shape index (κ1) is 15.9. The van der Waals surface area contributed by atoms with Crippen LogP contribution in [0.4, 0.5) is 9.52 Å². The van der Waals surface area contributed by atoms with Gasteiger partial charge in [0.2, 0.25) is 0 Å². The summed E-state index contributed by atoms with van der Waals surface area (Å²) in [6.07, 6.45) is 0. The smallest absolute Gasteiger partial charge is 0.264 e. The largest absolute Gasteiger partial charge is 0.392 e. The summed E-state index contributed by atoms with van der Waals surface area (Å²) in [4.78, 5) is 4.81. The van der Waals surface area contributed by atoms with Crippen LogP contribution in [0.1, 0.15) is 21.7 Å². The lowest BCUT2D eigenvalue weighted by Gasteiger charge is -2.10. The molecular formula is C13H15FN2O3S2. The van der Waals surface area contributed by atoms with Crippen molar-refractivity contribution in [2.45, 2.75) is 32.3 Å². The Morgan fingerprint density at radius 3 is 2.52 bits per heavy atom. The summed E-state index contributed by atoms with van der Waals surface area (Å²) in [5.41, 5.74) is 0.944. The summed E-state index contributed by atoms with van der Waals surface area (Å²) in [5, 5.41) is 9.32. The first-order valence-electron chi connectivity index (χ1n) is 6.11. The third-order valence-corrected chi connectivity index (χ3v) is 5.66. The van der Waals surface area contributed by atoms with Gasteiger partial charge in [0.1, 0.15) is 5.82 Å². The molecule has 0 spiro atoms. The third-order valence-electron chi connectivity index (χ3n) is 3.08. The van der Waals surface area contributed by atoms with Crippen LogP contribution in [0.2, 0.25) is 0 Å². The average molecular weight is 330 g/mol. The highest BCUT2D eigenvalue weighted by atomic mass is 32.2. The maximum atomic E-state index is 13.7. The number of nitrogens with zero attached hydrogens (tertiary/aromatic N) is 1. The third kappa shape index (κ3) is 3.22. The molecule has 0 saturated carbocycles. The number of aryl methyl sites for hydroxylation is 2. The SMILES string of the molecule is Cc1nc(NS(=O)(=O)c2cc(CO)cc(F)c2C)sc1C. The van der Waals surface area contributed by atoms with Crippen molar-refractivity contribution < 1.29 is 17.9 Å². The molecule has 0 aliphatic carbocycles. The normalized spacial score (nSPS) is 11.7. The van der Waals surface area contributed by atoms with E-state index >= 15 is 0 Å². The minimum atomic E-state index is -3.96. The standard InChI is InChI=1S/C13H15FN2O3S2/c1-7-11(14)4-10(6-17)5-12(7)21(18,19)16-13-15-8(2)9(3)20-13/h4-5,17H,6H2,1-3H3,(H,15,16). The van der Waals surface area contributed by atoms with Gasteiger partial charge in [-0.3, -0.25) is 4.72 Å². The van der Waals surface area contributed by atoms with Crippen molar-refractivity contribution >= 4 is 26.5 Å². The van der Waals surface area contributed by atoms with Gasteiger partial charge in [0.05, 0.1) is 17.2 Å². The van der Waals surface area contributed by atoms with E-state index in [1.807, 2.05) is 6.92 Å². The van der Waals surface area contributed by atoms with Gasteiger partial charge < -0.3 is 5.11 Å². The fourth-order valence-corrected chi connectivity index (χ4v) is 4.12. The van der Waals surface area contributed by atoms with Gasteiger partial charge in [-0.1, -0.05) is 0 Å². The minimum Gasteiger partial charge on any atom is -0.392 e. The average Bonchev–Trinajstić information content (AvgIpc) is 2.70. The van der Waals surface area contributed by atoms with Crippen LogP contribution in [-0.2, 0) is 16.6 Å². The van der Waals surface area contributed by atoms with E-state index < -0.39 is 22.4 Å². The predicted molar refractivity (Wildman–Crippen MR) is 79.5 cm³/mol. The minimum absolute atomic E-state index is 0.00435. The number of aliphatic hydroxyl groups excluding tert-OH is 1. The maximum absolute atomic E-state index is 13.7. The Morgan fingerprint density at radius 1 is 1.33 bits per heavy atom. The van der Waals surface area contributed by atoms with Crippen molar-refractivity contribution in [2.75, 3.05) is 4.72 Å². The number of nitrogens with one attached hydrogen (secondary N) is 1. The number of aliphatic hydroxyl groups is 1. The molecule has 0 unspecified atom stereocenters. The highest BCUT2D eigenvalue weighted by Gasteiger charge is 2.22. The zero-order valence-electron chi connectivity index (χ0n) is 11.8. The van der Waals surface area contributed by atoms with Crippen LogP contribution in [0.3, 0.4) is 0 Å². The van der Waals surface area contributed by atoms with E-state index in [9.17, 15) is 12.8 Å². The van der Waals surface area contributed by atoms with E-state index in [2.05, 4.69) is 9.71 Å². The summed E-state index contributed by atoms with van der Waals surface area (Å²) in [6.45, 7) is 4.56. The molecule has 0 bridgehead atoms. The molecule has 8 heteroatoms. The van der Waals surface area contributed by atoms with Crippen LogP contribution in [0, 0.1) is 26.6 Å². The molecule has 5 nitrogen and oxygen atoms in total. The second kappa shape index (κ2) is 5.70. The number of aromatic nitrogens is 1. The monoisotopic (exact) mass is 330 g/mol. The maximum Gasteiger partial charge on any atom is 0.264 e.